The van der Waals surface area contributed by atoms with Crippen LogP contribution in [-0.2, 0) is 4.79 Å². The number of ether oxygens (including phenoxy) is 1. The fourth-order valence-electron chi connectivity index (χ4n) is 3.10. The lowest BCUT2D eigenvalue weighted by molar-refractivity contribution is -0.123. The van der Waals surface area contributed by atoms with E-state index in [1.165, 1.54) is 22.3 Å². The van der Waals surface area contributed by atoms with E-state index in [0.717, 1.165) is 22.4 Å². The molecule has 2 rings (SSSR count). The van der Waals surface area contributed by atoms with Gasteiger partial charge in [0.15, 0.2) is 6.61 Å². The van der Waals surface area contributed by atoms with E-state index in [2.05, 4.69) is 51.2 Å². The lowest BCUT2D eigenvalue weighted by Crippen LogP contribution is -2.31. The molecule has 1 atom stereocenters. The van der Waals surface area contributed by atoms with Gasteiger partial charge < -0.3 is 10.1 Å². The summed E-state index contributed by atoms with van der Waals surface area (Å²) in [6, 6.07) is 8.38. The van der Waals surface area contributed by atoms with Gasteiger partial charge in [-0.05, 0) is 93.5 Å². The van der Waals surface area contributed by atoms with Crippen LogP contribution in [0.2, 0.25) is 0 Å². The third-order valence-electron chi connectivity index (χ3n) is 4.85. The van der Waals surface area contributed by atoms with Gasteiger partial charge in [-0.1, -0.05) is 18.2 Å². The minimum absolute atomic E-state index is 0.0258. The predicted octanol–water partition coefficient (Wildman–Crippen LogP) is 4.79. The van der Waals surface area contributed by atoms with Crippen molar-refractivity contribution in [2.24, 2.45) is 0 Å². The first-order chi connectivity index (χ1) is 11.7. The van der Waals surface area contributed by atoms with Gasteiger partial charge in [-0.3, -0.25) is 4.79 Å². The standard InChI is InChI=1S/C22H29NO2/c1-13-8-16(4)18(6)21(9-13)25-12-22(24)23-19(7)20-11-15(3)14(2)10-17(20)5/h8-11,19H,12H2,1-7H3,(H,23,24)/t19-/m1/s1. The molecule has 0 aliphatic heterocycles. The van der Waals surface area contributed by atoms with Crippen LogP contribution in [-0.4, -0.2) is 12.5 Å². The van der Waals surface area contributed by atoms with Crippen molar-refractivity contribution in [3.05, 3.63) is 63.2 Å². The van der Waals surface area contributed by atoms with E-state index in [0.29, 0.717) is 0 Å². The predicted molar refractivity (Wildman–Crippen MR) is 103 cm³/mol. The lowest BCUT2D eigenvalue weighted by atomic mass is 9.96. The SMILES string of the molecule is Cc1cc(C)c(C)c(OCC(=O)N[C@H](C)c2cc(C)c(C)cc2C)c1. The molecule has 1 amide bonds. The van der Waals surface area contributed by atoms with Crippen molar-refractivity contribution in [2.75, 3.05) is 6.61 Å². The van der Waals surface area contributed by atoms with Gasteiger partial charge in [-0.25, -0.2) is 0 Å². The van der Waals surface area contributed by atoms with Gasteiger partial charge in [-0.15, -0.1) is 0 Å². The van der Waals surface area contributed by atoms with Gasteiger partial charge in [0, 0.05) is 0 Å². The Balaban J connectivity index is 2.02. The minimum Gasteiger partial charge on any atom is -0.483 e. The molecule has 3 heteroatoms. The van der Waals surface area contributed by atoms with E-state index in [4.69, 9.17) is 4.74 Å². The molecule has 2 aromatic rings. The molecule has 0 aliphatic rings. The lowest BCUT2D eigenvalue weighted by Gasteiger charge is -2.19. The Kier molecular flexibility index (Phi) is 5.89. The fraction of sp³-hybridized carbons (Fsp3) is 0.409. The third kappa shape index (κ3) is 4.62. The van der Waals surface area contributed by atoms with Crippen molar-refractivity contribution in [3.63, 3.8) is 0 Å². The number of aryl methyl sites for hydroxylation is 5. The van der Waals surface area contributed by atoms with Gasteiger partial charge in [0.25, 0.3) is 5.91 Å². The van der Waals surface area contributed by atoms with Crippen LogP contribution < -0.4 is 10.1 Å². The Hall–Kier alpha value is -2.29. The summed E-state index contributed by atoms with van der Waals surface area (Å²) in [6.07, 6.45) is 0. The molecule has 0 unspecified atom stereocenters. The second-order valence-corrected chi connectivity index (χ2v) is 7.08. The van der Waals surface area contributed by atoms with E-state index in [1.807, 2.05) is 26.8 Å². The van der Waals surface area contributed by atoms with Gasteiger partial charge in [0.1, 0.15) is 5.75 Å². The van der Waals surface area contributed by atoms with E-state index < -0.39 is 0 Å². The van der Waals surface area contributed by atoms with Gasteiger partial charge in [-0.2, -0.15) is 0 Å². The highest BCUT2D eigenvalue weighted by atomic mass is 16.5. The number of carbonyl (C=O) groups is 1. The largest absolute Gasteiger partial charge is 0.483 e. The molecule has 1 N–H and O–H groups in total. The number of hydrogen-bond acceptors (Lipinski definition) is 2. The normalized spacial score (nSPS) is 12.0. The minimum atomic E-state index is -0.108. The molecule has 0 fully saturated rings. The van der Waals surface area contributed by atoms with Crippen molar-refractivity contribution in [1.82, 2.24) is 5.32 Å². The average Bonchev–Trinajstić information content (AvgIpc) is 2.52. The Morgan fingerprint density at radius 1 is 0.920 bits per heavy atom. The summed E-state index contributed by atoms with van der Waals surface area (Å²) in [4.78, 5) is 12.3. The van der Waals surface area contributed by atoms with Gasteiger partial charge in [0.05, 0.1) is 6.04 Å². The van der Waals surface area contributed by atoms with E-state index in [1.54, 1.807) is 0 Å². The molecule has 0 bridgehead atoms. The van der Waals surface area contributed by atoms with Crippen molar-refractivity contribution < 1.29 is 9.53 Å². The van der Waals surface area contributed by atoms with Crippen molar-refractivity contribution >= 4 is 5.91 Å². The van der Waals surface area contributed by atoms with E-state index in [9.17, 15) is 4.79 Å². The molecule has 0 aliphatic carbocycles. The summed E-state index contributed by atoms with van der Waals surface area (Å²) in [5, 5.41) is 3.04. The van der Waals surface area contributed by atoms with Crippen LogP contribution >= 0.6 is 0 Å². The van der Waals surface area contributed by atoms with Crippen LogP contribution in [0, 0.1) is 41.5 Å². The Bertz CT molecular complexity index is 793. The first-order valence-electron chi connectivity index (χ1n) is 8.76. The molecule has 0 saturated carbocycles. The zero-order chi connectivity index (χ0) is 18.7. The number of amides is 1. The number of rotatable bonds is 5. The van der Waals surface area contributed by atoms with Crippen molar-refractivity contribution in [3.8, 4) is 5.75 Å². The second kappa shape index (κ2) is 7.73. The molecular weight excluding hydrogens is 310 g/mol. The summed E-state index contributed by atoms with van der Waals surface area (Å²) in [5.41, 5.74) is 8.25. The number of carbonyl (C=O) groups excluding carboxylic acids is 1. The van der Waals surface area contributed by atoms with Crippen LogP contribution in [0.4, 0.5) is 0 Å². The van der Waals surface area contributed by atoms with Crippen molar-refractivity contribution in [1.29, 1.82) is 0 Å². The van der Waals surface area contributed by atoms with Gasteiger partial charge in [0.2, 0.25) is 0 Å². The van der Waals surface area contributed by atoms with Crippen LogP contribution in [0.5, 0.6) is 5.75 Å². The highest BCUT2D eigenvalue weighted by Crippen LogP contribution is 2.24. The molecule has 3 nitrogen and oxygen atoms in total. The van der Waals surface area contributed by atoms with Gasteiger partial charge >= 0.3 is 0 Å². The van der Waals surface area contributed by atoms with E-state index in [-0.39, 0.29) is 18.6 Å². The highest BCUT2D eigenvalue weighted by molar-refractivity contribution is 5.78. The summed E-state index contributed by atoms with van der Waals surface area (Å²) < 4.78 is 5.76. The molecular formula is C22H29NO2. The summed E-state index contributed by atoms with van der Waals surface area (Å²) in [6.45, 7) is 14.4. The summed E-state index contributed by atoms with van der Waals surface area (Å²) in [5.74, 6) is 0.673. The zero-order valence-corrected chi connectivity index (χ0v) is 16.4. The molecule has 0 aromatic heterocycles. The fourth-order valence-corrected chi connectivity index (χ4v) is 3.10. The molecule has 0 saturated heterocycles. The number of hydrogen-bond donors (Lipinski definition) is 1. The van der Waals surface area contributed by atoms with Crippen LogP contribution in [0.15, 0.2) is 24.3 Å². The maximum absolute atomic E-state index is 12.3. The Morgan fingerprint density at radius 3 is 2.24 bits per heavy atom. The number of benzene rings is 2. The molecule has 25 heavy (non-hydrogen) atoms. The first-order valence-corrected chi connectivity index (χ1v) is 8.76. The second-order valence-electron chi connectivity index (χ2n) is 7.08. The average molecular weight is 339 g/mol. The van der Waals surface area contributed by atoms with E-state index >= 15 is 0 Å². The highest BCUT2D eigenvalue weighted by Gasteiger charge is 2.14. The molecule has 134 valence electrons. The monoisotopic (exact) mass is 339 g/mol. The summed E-state index contributed by atoms with van der Waals surface area (Å²) >= 11 is 0. The van der Waals surface area contributed by atoms with Crippen LogP contribution in [0.25, 0.3) is 0 Å². The van der Waals surface area contributed by atoms with Crippen molar-refractivity contribution in [2.45, 2.75) is 54.5 Å². The smallest absolute Gasteiger partial charge is 0.258 e. The molecule has 0 radical (unpaired) electrons. The maximum Gasteiger partial charge on any atom is 0.258 e. The Morgan fingerprint density at radius 2 is 1.56 bits per heavy atom. The van der Waals surface area contributed by atoms with Crippen LogP contribution in [0.1, 0.15) is 51.9 Å². The topological polar surface area (TPSA) is 38.3 Å². The maximum atomic E-state index is 12.3. The quantitative estimate of drug-likeness (QED) is 0.850. The Labute approximate surface area is 151 Å². The number of nitrogens with one attached hydrogen (secondary N) is 1. The molecule has 0 spiro atoms. The zero-order valence-electron chi connectivity index (χ0n) is 16.4. The third-order valence-corrected chi connectivity index (χ3v) is 4.85. The van der Waals surface area contributed by atoms with Crippen LogP contribution in [0.3, 0.4) is 0 Å². The molecule has 0 heterocycles. The molecule has 2 aromatic carbocycles. The summed E-state index contributed by atoms with van der Waals surface area (Å²) in [7, 11) is 0. The first kappa shape index (κ1) is 19.0.